The predicted molar refractivity (Wildman–Crippen MR) is 77.1 cm³/mol. The first kappa shape index (κ1) is 14.8. The molecule has 0 spiro atoms. The first-order valence-electron chi connectivity index (χ1n) is 6.63. The van der Waals surface area contributed by atoms with E-state index in [-0.39, 0.29) is 10.8 Å². The highest BCUT2D eigenvalue weighted by Crippen LogP contribution is 2.36. The Morgan fingerprint density at radius 3 is 2.20 bits per heavy atom. The molecule has 108 valence electrons. The van der Waals surface area contributed by atoms with Crippen LogP contribution in [0.3, 0.4) is 0 Å². The molecule has 0 aromatic heterocycles. The van der Waals surface area contributed by atoms with Crippen molar-refractivity contribution < 1.29 is 18.3 Å². The van der Waals surface area contributed by atoms with Crippen molar-refractivity contribution >= 4 is 21.4 Å². The topological polar surface area (TPSA) is 71.4 Å². The molecule has 1 aliphatic carbocycles. The zero-order chi connectivity index (χ0) is 14.8. The van der Waals surface area contributed by atoms with E-state index in [1.54, 1.807) is 12.1 Å². The lowest BCUT2D eigenvalue weighted by molar-refractivity contribution is -0.131. The fourth-order valence-corrected chi connectivity index (χ4v) is 3.33. The van der Waals surface area contributed by atoms with Gasteiger partial charge < -0.3 is 5.11 Å². The third kappa shape index (κ3) is 3.48. The molecular weight excluding hydrogens is 276 g/mol. The van der Waals surface area contributed by atoms with Crippen molar-refractivity contribution in [1.82, 2.24) is 0 Å². The van der Waals surface area contributed by atoms with E-state index in [9.17, 15) is 13.2 Å². The summed E-state index contributed by atoms with van der Waals surface area (Å²) >= 11 is 0. The van der Waals surface area contributed by atoms with Gasteiger partial charge in [0.25, 0.3) is 0 Å². The Balaban J connectivity index is 2.37. The molecule has 5 heteroatoms. The van der Waals surface area contributed by atoms with Crippen LogP contribution in [-0.4, -0.2) is 25.7 Å². The molecule has 0 radical (unpaired) electrons. The number of benzene rings is 1. The summed E-state index contributed by atoms with van der Waals surface area (Å²) in [5, 5.41) is 9.02. The van der Waals surface area contributed by atoms with Gasteiger partial charge >= 0.3 is 5.97 Å². The van der Waals surface area contributed by atoms with Crippen LogP contribution in [0.25, 0.3) is 5.57 Å². The Labute approximate surface area is 119 Å². The molecule has 0 aliphatic heterocycles. The first-order chi connectivity index (χ1) is 9.38. The molecule has 1 aromatic rings. The lowest BCUT2D eigenvalue weighted by Gasteiger charge is -2.14. The SMILES string of the molecule is CS(=O)(=O)c1ccc(C(=CC(=O)O)C2CCCC2)cc1. The summed E-state index contributed by atoms with van der Waals surface area (Å²) in [5.41, 5.74) is 1.60. The van der Waals surface area contributed by atoms with Gasteiger partial charge in [-0.25, -0.2) is 13.2 Å². The Morgan fingerprint density at radius 1 is 1.20 bits per heavy atom. The number of hydrogen-bond donors (Lipinski definition) is 1. The smallest absolute Gasteiger partial charge is 0.328 e. The molecule has 0 atom stereocenters. The zero-order valence-corrected chi connectivity index (χ0v) is 12.2. The van der Waals surface area contributed by atoms with Crippen LogP contribution in [0.5, 0.6) is 0 Å². The number of carboxylic acid groups (broad SMARTS) is 1. The first-order valence-corrected chi connectivity index (χ1v) is 8.52. The molecule has 1 aliphatic rings. The van der Waals surface area contributed by atoms with E-state index < -0.39 is 15.8 Å². The quantitative estimate of drug-likeness (QED) is 0.867. The normalized spacial score (nSPS) is 17.4. The number of rotatable bonds is 4. The number of sulfone groups is 1. The second-order valence-electron chi connectivity index (χ2n) is 5.22. The lowest BCUT2D eigenvalue weighted by atomic mass is 9.91. The average molecular weight is 294 g/mol. The summed E-state index contributed by atoms with van der Waals surface area (Å²) in [6.45, 7) is 0. The Kier molecular flexibility index (Phi) is 4.28. The molecule has 0 unspecified atom stereocenters. The summed E-state index contributed by atoms with van der Waals surface area (Å²) in [6, 6.07) is 6.47. The van der Waals surface area contributed by atoms with Crippen molar-refractivity contribution in [2.24, 2.45) is 5.92 Å². The summed E-state index contributed by atoms with van der Waals surface area (Å²) in [6.07, 6.45) is 6.63. The minimum absolute atomic E-state index is 0.252. The third-order valence-corrected chi connectivity index (χ3v) is 4.82. The summed E-state index contributed by atoms with van der Waals surface area (Å²) in [4.78, 5) is 11.2. The van der Waals surface area contributed by atoms with E-state index in [1.807, 2.05) is 0 Å². The highest BCUT2D eigenvalue weighted by Gasteiger charge is 2.21. The van der Waals surface area contributed by atoms with Crippen LogP contribution in [0.15, 0.2) is 35.2 Å². The predicted octanol–water partition coefficient (Wildman–Crippen LogP) is 2.75. The molecule has 1 fully saturated rings. The number of hydrogen-bond acceptors (Lipinski definition) is 3. The maximum absolute atomic E-state index is 11.4. The molecule has 1 saturated carbocycles. The van der Waals surface area contributed by atoms with Gasteiger partial charge in [0.05, 0.1) is 4.90 Å². The fraction of sp³-hybridized carbons (Fsp3) is 0.400. The highest BCUT2D eigenvalue weighted by molar-refractivity contribution is 7.90. The fourth-order valence-electron chi connectivity index (χ4n) is 2.70. The van der Waals surface area contributed by atoms with E-state index in [4.69, 9.17) is 5.11 Å². The van der Waals surface area contributed by atoms with Crippen LogP contribution in [0.1, 0.15) is 31.2 Å². The zero-order valence-electron chi connectivity index (χ0n) is 11.4. The van der Waals surface area contributed by atoms with E-state index in [1.165, 1.54) is 18.2 Å². The van der Waals surface area contributed by atoms with Crippen LogP contribution >= 0.6 is 0 Å². The molecule has 0 heterocycles. The molecule has 0 saturated heterocycles. The number of carbonyl (C=O) groups is 1. The van der Waals surface area contributed by atoms with Gasteiger partial charge in [0.1, 0.15) is 0 Å². The Hall–Kier alpha value is -1.62. The minimum atomic E-state index is -3.22. The van der Waals surface area contributed by atoms with Gasteiger partial charge in [-0.2, -0.15) is 0 Å². The monoisotopic (exact) mass is 294 g/mol. The minimum Gasteiger partial charge on any atom is -0.478 e. The van der Waals surface area contributed by atoms with Crippen molar-refractivity contribution in [2.45, 2.75) is 30.6 Å². The molecule has 4 nitrogen and oxygen atoms in total. The molecular formula is C15H18O4S. The van der Waals surface area contributed by atoms with Gasteiger partial charge in [-0.3, -0.25) is 0 Å². The second kappa shape index (κ2) is 5.79. The average Bonchev–Trinajstić information content (AvgIpc) is 2.88. The highest BCUT2D eigenvalue weighted by atomic mass is 32.2. The standard InChI is InChI=1S/C15H18O4S/c1-20(18,19)13-8-6-12(7-9-13)14(10-15(16)17)11-4-2-3-5-11/h6-11H,2-5H2,1H3,(H,16,17). The van der Waals surface area contributed by atoms with Crippen molar-refractivity contribution in [2.75, 3.05) is 6.26 Å². The van der Waals surface area contributed by atoms with Crippen molar-refractivity contribution in [3.05, 3.63) is 35.9 Å². The second-order valence-corrected chi connectivity index (χ2v) is 7.23. The largest absolute Gasteiger partial charge is 0.478 e. The third-order valence-electron chi connectivity index (χ3n) is 3.69. The van der Waals surface area contributed by atoms with Gasteiger partial charge in [-0.1, -0.05) is 25.0 Å². The summed E-state index contributed by atoms with van der Waals surface area (Å²) < 4.78 is 22.9. The lowest BCUT2D eigenvalue weighted by Crippen LogP contribution is -2.03. The van der Waals surface area contributed by atoms with Gasteiger partial charge in [-0.05, 0) is 42.0 Å². The van der Waals surface area contributed by atoms with E-state index in [0.717, 1.165) is 43.1 Å². The molecule has 0 amide bonds. The summed E-state index contributed by atoms with van der Waals surface area (Å²) in [7, 11) is -3.22. The summed E-state index contributed by atoms with van der Waals surface area (Å²) in [5.74, 6) is -0.700. The Morgan fingerprint density at radius 2 is 1.75 bits per heavy atom. The molecule has 2 rings (SSSR count). The molecule has 1 aromatic carbocycles. The van der Waals surface area contributed by atoms with Gasteiger partial charge in [0.2, 0.25) is 0 Å². The molecule has 20 heavy (non-hydrogen) atoms. The maximum atomic E-state index is 11.4. The van der Waals surface area contributed by atoms with Crippen molar-refractivity contribution in [3.63, 3.8) is 0 Å². The van der Waals surface area contributed by atoms with E-state index in [2.05, 4.69) is 0 Å². The van der Waals surface area contributed by atoms with Crippen LogP contribution in [0, 0.1) is 5.92 Å². The van der Waals surface area contributed by atoms with Crippen LogP contribution in [0.4, 0.5) is 0 Å². The number of allylic oxidation sites excluding steroid dienone is 1. The van der Waals surface area contributed by atoms with Crippen LogP contribution < -0.4 is 0 Å². The van der Waals surface area contributed by atoms with Crippen LogP contribution in [0.2, 0.25) is 0 Å². The molecule has 1 N–H and O–H groups in total. The maximum Gasteiger partial charge on any atom is 0.328 e. The number of aliphatic carboxylic acids is 1. The van der Waals surface area contributed by atoms with Crippen LogP contribution in [-0.2, 0) is 14.6 Å². The van der Waals surface area contributed by atoms with Gasteiger partial charge in [0, 0.05) is 12.3 Å². The Bertz CT molecular complexity index is 620. The van der Waals surface area contributed by atoms with Crippen molar-refractivity contribution in [1.29, 1.82) is 0 Å². The van der Waals surface area contributed by atoms with E-state index in [0.29, 0.717) is 0 Å². The molecule has 0 bridgehead atoms. The van der Waals surface area contributed by atoms with Gasteiger partial charge in [-0.15, -0.1) is 0 Å². The van der Waals surface area contributed by atoms with Crippen molar-refractivity contribution in [3.8, 4) is 0 Å². The van der Waals surface area contributed by atoms with Gasteiger partial charge in [0.15, 0.2) is 9.84 Å². The number of carboxylic acids is 1. The van der Waals surface area contributed by atoms with E-state index >= 15 is 0 Å².